The summed E-state index contributed by atoms with van der Waals surface area (Å²) >= 11 is 0. The van der Waals surface area contributed by atoms with Crippen molar-refractivity contribution in [2.45, 2.75) is 92.1 Å². The first-order valence-electron chi connectivity index (χ1n) is 12.7. The third-order valence-corrected chi connectivity index (χ3v) is 11.1. The van der Waals surface area contributed by atoms with Crippen molar-refractivity contribution >= 4 is 11.9 Å². The molecule has 0 saturated heterocycles. The molecule has 0 aromatic carbocycles. The van der Waals surface area contributed by atoms with Crippen molar-refractivity contribution in [2.24, 2.45) is 39.4 Å². The number of aliphatic hydroxyl groups excluding tert-OH is 1. The van der Waals surface area contributed by atoms with E-state index in [0.717, 1.165) is 56.1 Å². The van der Waals surface area contributed by atoms with E-state index < -0.39 is 11.5 Å². The van der Waals surface area contributed by atoms with Gasteiger partial charge in [0.1, 0.15) is 6.61 Å². The molecule has 0 radical (unpaired) electrons. The van der Waals surface area contributed by atoms with Crippen molar-refractivity contribution in [1.82, 2.24) is 0 Å². The smallest absolute Gasteiger partial charge is 0.335 e. The molecule has 3 saturated carbocycles. The van der Waals surface area contributed by atoms with Crippen molar-refractivity contribution in [1.29, 1.82) is 0 Å². The molecule has 5 heteroatoms. The lowest BCUT2D eigenvalue weighted by molar-refractivity contribution is -0.224. The molecule has 5 nitrogen and oxygen atoms in total. The Bertz CT molecular complexity index is 877. The molecule has 1 N–H and O–H groups in total. The average Bonchev–Trinajstić information content (AvgIpc) is 3.10. The highest BCUT2D eigenvalue weighted by Crippen LogP contribution is 2.73. The third-order valence-electron chi connectivity index (χ3n) is 11.1. The van der Waals surface area contributed by atoms with Crippen LogP contribution in [0.15, 0.2) is 11.1 Å². The molecular formula is C27H40O5. The van der Waals surface area contributed by atoms with Crippen molar-refractivity contribution in [3.8, 4) is 0 Å². The van der Waals surface area contributed by atoms with Crippen LogP contribution in [0.25, 0.3) is 0 Å². The standard InChI is InChI=1S/C27H40O5/c1-16(28)32-15-24(2)10-6-11-25(3)18(24)9-12-26(4)19-8-7-17-14-31-23(30)22(17)27(19,5)21(29)13-20(25)26/h18-21,29H,6-15H2,1-5H3. The molecule has 8 unspecified atom stereocenters. The molecule has 5 aliphatic rings. The molecule has 0 spiro atoms. The minimum absolute atomic E-state index is 0.0107. The van der Waals surface area contributed by atoms with Gasteiger partial charge in [-0.15, -0.1) is 0 Å². The first kappa shape index (κ1) is 22.4. The van der Waals surface area contributed by atoms with Crippen LogP contribution in [-0.2, 0) is 19.1 Å². The number of fused-ring (bicyclic) bond motifs is 6. The summed E-state index contributed by atoms with van der Waals surface area (Å²) in [4.78, 5) is 24.4. The lowest BCUT2D eigenvalue weighted by Crippen LogP contribution is -2.66. The van der Waals surface area contributed by atoms with Crippen LogP contribution in [0, 0.1) is 39.4 Å². The molecule has 1 heterocycles. The second kappa shape index (κ2) is 7.07. The maximum Gasteiger partial charge on any atom is 0.335 e. The second-order valence-electron chi connectivity index (χ2n) is 12.6. The van der Waals surface area contributed by atoms with E-state index in [0.29, 0.717) is 25.0 Å². The quantitative estimate of drug-likeness (QED) is 0.619. The van der Waals surface area contributed by atoms with Crippen molar-refractivity contribution in [3.63, 3.8) is 0 Å². The normalized spacial score (nSPS) is 50.0. The minimum Gasteiger partial charge on any atom is -0.465 e. The van der Waals surface area contributed by atoms with Crippen LogP contribution in [0.3, 0.4) is 0 Å². The summed E-state index contributed by atoms with van der Waals surface area (Å²) < 4.78 is 11.0. The highest BCUT2D eigenvalue weighted by Gasteiger charge is 2.69. The molecule has 8 atom stereocenters. The molecule has 4 aliphatic carbocycles. The second-order valence-corrected chi connectivity index (χ2v) is 12.6. The predicted octanol–water partition coefficient (Wildman–Crippen LogP) is 4.81. The Morgan fingerprint density at radius 1 is 1.06 bits per heavy atom. The molecule has 0 aromatic heterocycles. The summed E-state index contributed by atoms with van der Waals surface area (Å²) in [5, 5.41) is 11.7. The van der Waals surface area contributed by atoms with E-state index in [2.05, 4.69) is 27.7 Å². The van der Waals surface area contributed by atoms with Gasteiger partial charge in [0.05, 0.1) is 12.7 Å². The zero-order chi connectivity index (χ0) is 23.1. The molecule has 178 valence electrons. The molecule has 5 rings (SSSR count). The van der Waals surface area contributed by atoms with Crippen LogP contribution < -0.4 is 0 Å². The van der Waals surface area contributed by atoms with Gasteiger partial charge in [0, 0.05) is 23.3 Å². The van der Waals surface area contributed by atoms with Crippen LogP contribution in [0.4, 0.5) is 0 Å². The Morgan fingerprint density at radius 2 is 1.78 bits per heavy atom. The van der Waals surface area contributed by atoms with Gasteiger partial charge in [0.2, 0.25) is 0 Å². The van der Waals surface area contributed by atoms with Gasteiger partial charge in [-0.25, -0.2) is 4.79 Å². The van der Waals surface area contributed by atoms with E-state index in [1.54, 1.807) is 0 Å². The zero-order valence-corrected chi connectivity index (χ0v) is 20.5. The Balaban J connectivity index is 1.53. The number of carbonyl (C=O) groups is 2. The van der Waals surface area contributed by atoms with Crippen LogP contribution in [0.5, 0.6) is 0 Å². The first-order valence-corrected chi connectivity index (χ1v) is 12.7. The number of cyclic esters (lactones) is 1. The van der Waals surface area contributed by atoms with Gasteiger partial charge < -0.3 is 14.6 Å². The predicted molar refractivity (Wildman–Crippen MR) is 120 cm³/mol. The van der Waals surface area contributed by atoms with Crippen molar-refractivity contribution in [3.05, 3.63) is 11.1 Å². The van der Waals surface area contributed by atoms with Crippen molar-refractivity contribution < 1.29 is 24.2 Å². The Hall–Kier alpha value is -1.36. The topological polar surface area (TPSA) is 72.8 Å². The molecular weight excluding hydrogens is 404 g/mol. The number of hydrogen-bond acceptors (Lipinski definition) is 5. The van der Waals surface area contributed by atoms with Gasteiger partial charge in [0.15, 0.2) is 0 Å². The number of hydrogen-bond donors (Lipinski definition) is 1. The number of aliphatic hydroxyl groups is 1. The van der Waals surface area contributed by atoms with Crippen LogP contribution >= 0.6 is 0 Å². The van der Waals surface area contributed by atoms with Crippen LogP contribution in [0.2, 0.25) is 0 Å². The maximum atomic E-state index is 12.7. The largest absolute Gasteiger partial charge is 0.465 e. The van der Waals surface area contributed by atoms with Gasteiger partial charge in [-0.05, 0) is 79.1 Å². The fourth-order valence-electron chi connectivity index (χ4n) is 9.80. The van der Waals surface area contributed by atoms with E-state index in [4.69, 9.17) is 9.47 Å². The molecule has 0 aromatic rings. The summed E-state index contributed by atoms with van der Waals surface area (Å²) in [6.45, 7) is 11.8. The van der Waals surface area contributed by atoms with E-state index in [1.165, 1.54) is 13.3 Å². The summed E-state index contributed by atoms with van der Waals surface area (Å²) in [6, 6.07) is 0. The lowest BCUT2D eigenvalue weighted by atomic mass is 9.35. The fourth-order valence-corrected chi connectivity index (χ4v) is 9.80. The summed E-state index contributed by atoms with van der Waals surface area (Å²) in [5.41, 5.74) is 1.60. The highest BCUT2D eigenvalue weighted by molar-refractivity contribution is 5.93. The van der Waals surface area contributed by atoms with Gasteiger partial charge in [0.25, 0.3) is 0 Å². The molecule has 3 fully saturated rings. The number of carbonyl (C=O) groups excluding carboxylic acids is 2. The van der Waals surface area contributed by atoms with Gasteiger partial charge >= 0.3 is 11.9 Å². The van der Waals surface area contributed by atoms with Gasteiger partial charge in [-0.3, -0.25) is 4.79 Å². The van der Waals surface area contributed by atoms with E-state index >= 15 is 0 Å². The monoisotopic (exact) mass is 444 g/mol. The Labute approximate surface area is 192 Å². The summed E-state index contributed by atoms with van der Waals surface area (Å²) in [5.74, 6) is 0.774. The highest BCUT2D eigenvalue weighted by atomic mass is 16.5. The summed E-state index contributed by atoms with van der Waals surface area (Å²) in [6.07, 6.45) is 7.79. The van der Waals surface area contributed by atoms with E-state index in [9.17, 15) is 14.7 Å². The SMILES string of the molecule is CC(=O)OCC1(C)CCCC2(C)C1CCC1(C)C2CC(O)C2(C)C3=C(CCC12)COC3=O. The maximum absolute atomic E-state index is 12.7. The first-order chi connectivity index (χ1) is 15.0. The number of ether oxygens (including phenoxy) is 2. The minimum atomic E-state index is -0.529. The van der Waals surface area contributed by atoms with E-state index in [1.807, 2.05) is 0 Å². The summed E-state index contributed by atoms with van der Waals surface area (Å²) in [7, 11) is 0. The lowest BCUT2D eigenvalue weighted by Gasteiger charge is -2.70. The number of rotatable bonds is 2. The Kier molecular flexibility index (Phi) is 4.96. The molecule has 0 amide bonds. The van der Waals surface area contributed by atoms with E-state index in [-0.39, 0.29) is 34.1 Å². The van der Waals surface area contributed by atoms with Crippen molar-refractivity contribution in [2.75, 3.05) is 13.2 Å². The fraction of sp³-hybridized carbons (Fsp3) is 0.852. The number of esters is 2. The molecule has 32 heavy (non-hydrogen) atoms. The van der Waals surface area contributed by atoms with Gasteiger partial charge in [-0.1, -0.05) is 34.1 Å². The van der Waals surface area contributed by atoms with Gasteiger partial charge in [-0.2, -0.15) is 0 Å². The molecule has 1 aliphatic heterocycles. The Morgan fingerprint density at radius 3 is 2.50 bits per heavy atom. The van der Waals surface area contributed by atoms with Crippen LogP contribution in [-0.4, -0.2) is 36.4 Å². The van der Waals surface area contributed by atoms with Crippen LogP contribution in [0.1, 0.15) is 86.0 Å². The zero-order valence-electron chi connectivity index (χ0n) is 20.5. The third kappa shape index (κ3) is 2.78. The average molecular weight is 445 g/mol. The molecule has 0 bridgehead atoms.